The molecular formula is C21H21ClFN3O2. The second-order valence-electron chi connectivity index (χ2n) is 6.60. The summed E-state index contributed by atoms with van der Waals surface area (Å²) < 4.78 is 22.6. The Hall–Kier alpha value is -2.86. The van der Waals surface area contributed by atoms with Gasteiger partial charge in [0.25, 0.3) is 11.7 Å². The first-order valence-corrected chi connectivity index (χ1v) is 8.96. The standard InChI is InChI=1S/C21H20FN3O2.ClH/c1-27-18-10-8-17(9-11-18)23-20(26)14-24-13-19(25-12-2-3-21(24)25)15-4-6-16(22)7-5-15;/h4-11,13H,2-3,12,14H2,1H3;1H. The number of hydrogen-bond donors (Lipinski definition) is 1. The molecule has 5 nitrogen and oxygen atoms in total. The van der Waals surface area contributed by atoms with Crippen LogP contribution in [0.15, 0.2) is 54.7 Å². The van der Waals surface area contributed by atoms with E-state index in [1.807, 2.05) is 35.0 Å². The summed E-state index contributed by atoms with van der Waals surface area (Å²) in [5.41, 5.74) is 2.70. The average Bonchev–Trinajstić information content (AvgIpc) is 3.27. The number of aromatic nitrogens is 2. The fraction of sp³-hybridized carbons (Fsp3) is 0.238. The molecule has 1 aromatic heterocycles. The Morgan fingerprint density at radius 2 is 1.89 bits per heavy atom. The van der Waals surface area contributed by atoms with Crippen LogP contribution in [0.5, 0.6) is 5.75 Å². The molecule has 4 rings (SSSR count). The van der Waals surface area contributed by atoms with E-state index in [9.17, 15) is 9.18 Å². The van der Waals surface area contributed by atoms with Gasteiger partial charge >= 0.3 is 0 Å². The Morgan fingerprint density at radius 3 is 2.57 bits per heavy atom. The van der Waals surface area contributed by atoms with E-state index in [0.29, 0.717) is 0 Å². The zero-order valence-corrected chi connectivity index (χ0v) is 16.2. The highest BCUT2D eigenvalue weighted by atomic mass is 35.5. The maximum Gasteiger partial charge on any atom is 0.266 e. The fourth-order valence-corrected chi connectivity index (χ4v) is 3.53. The normalized spacial score (nSPS) is 12.2. The van der Waals surface area contributed by atoms with Gasteiger partial charge in [-0.1, -0.05) is 0 Å². The summed E-state index contributed by atoms with van der Waals surface area (Å²) in [6, 6.07) is 13.7. The van der Waals surface area contributed by atoms with Gasteiger partial charge in [0.1, 0.15) is 17.8 Å². The highest BCUT2D eigenvalue weighted by Crippen LogP contribution is 2.25. The number of imidazole rings is 1. The zero-order chi connectivity index (χ0) is 18.8. The number of nitrogens with zero attached hydrogens (tertiary/aromatic N) is 2. The number of nitrogens with one attached hydrogen (secondary N) is 1. The number of halogens is 2. The Morgan fingerprint density at radius 1 is 1.18 bits per heavy atom. The molecule has 0 radical (unpaired) electrons. The number of hydrogen-bond acceptors (Lipinski definition) is 2. The third kappa shape index (κ3) is 4.02. The van der Waals surface area contributed by atoms with Gasteiger partial charge < -0.3 is 22.5 Å². The van der Waals surface area contributed by atoms with Crippen LogP contribution < -0.4 is 27.0 Å². The molecule has 3 aromatic rings. The van der Waals surface area contributed by atoms with Crippen LogP contribution in [0.4, 0.5) is 10.1 Å². The van der Waals surface area contributed by atoms with E-state index in [4.69, 9.17) is 4.74 Å². The smallest absolute Gasteiger partial charge is 0.266 e. The molecule has 0 atom stereocenters. The number of benzene rings is 2. The van der Waals surface area contributed by atoms with Crippen molar-refractivity contribution in [3.63, 3.8) is 0 Å². The van der Waals surface area contributed by atoms with Crippen LogP contribution in [0.1, 0.15) is 12.2 Å². The Labute approximate surface area is 169 Å². The van der Waals surface area contributed by atoms with Crippen molar-refractivity contribution in [2.24, 2.45) is 0 Å². The molecular weight excluding hydrogens is 381 g/mol. The lowest BCUT2D eigenvalue weighted by Gasteiger charge is -2.05. The lowest BCUT2D eigenvalue weighted by Crippen LogP contribution is -3.00. The van der Waals surface area contributed by atoms with Crippen molar-refractivity contribution in [2.45, 2.75) is 25.9 Å². The van der Waals surface area contributed by atoms with Crippen LogP contribution >= 0.6 is 0 Å². The predicted molar refractivity (Wildman–Crippen MR) is 100.0 cm³/mol. The molecule has 0 unspecified atom stereocenters. The van der Waals surface area contributed by atoms with Crippen LogP contribution in [0.25, 0.3) is 11.3 Å². The summed E-state index contributed by atoms with van der Waals surface area (Å²) in [5, 5.41) is 2.92. The van der Waals surface area contributed by atoms with Crippen LogP contribution in [-0.2, 0) is 24.3 Å². The minimum absolute atomic E-state index is 0. The number of amides is 1. The topological polar surface area (TPSA) is 47.1 Å². The van der Waals surface area contributed by atoms with E-state index in [1.54, 1.807) is 19.2 Å². The number of carbonyl (C=O) groups is 1. The molecule has 1 N–H and O–H groups in total. The number of methoxy groups -OCH3 is 1. The molecule has 0 saturated heterocycles. The molecule has 0 fully saturated rings. The van der Waals surface area contributed by atoms with Crippen molar-refractivity contribution in [2.75, 3.05) is 12.4 Å². The third-order valence-corrected chi connectivity index (χ3v) is 4.82. The van der Waals surface area contributed by atoms with Crippen LogP contribution in [0.3, 0.4) is 0 Å². The van der Waals surface area contributed by atoms with Gasteiger partial charge in [0.2, 0.25) is 0 Å². The van der Waals surface area contributed by atoms with Gasteiger partial charge in [-0.05, 0) is 55.0 Å². The molecule has 0 spiro atoms. The van der Waals surface area contributed by atoms with Gasteiger partial charge in [-0.2, -0.15) is 0 Å². The number of ether oxygens (including phenoxy) is 1. The van der Waals surface area contributed by atoms with E-state index < -0.39 is 0 Å². The highest BCUT2D eigenvalue weighted by molar-refractivity contribution is 5.89. The summed E-state index contributed by atoms with van der Waals surface area (Å²) in [5.74, 6) is 1.53. The molecule has 7 heteroatoms. The van der Waals surface area contributed by atoms with E-state index in [0.717, 1.165) is 47.9 Å². The van der Waals surface area contributed by atoms with Gasteiger partial charge in [-0.15, -0.1) is 0 Å². The molecule has 0 saturated carbocycles. The van der Waals surface area contributed by atoms with Crippen molar-refractivity contribution in [1.29, 1.82) is 0 Å². The van der Waals surface area contributed by atoms with E-state index in [1.165, 1.54) is 12.1 Å². The molecule has 1 aliphatic rings. The number of fused-ring (bicyclic) bond motifs is 1. The minimum atomic E-state index is -0.251. The van der Waals surface area contributed by atoms with Gasteiger partial charge in [-0.25, -0.2) is 13.5 Å². The third-order valence-electron chi connectivity index (χ3n) is 4.82. The van der Waals surface area contributed by atoms with Gasteiger partial charge in [-0.3, -0.25) is 4.79 Å². The highest BCUT2D eigenvalue weighted by Gasteiger charge is 2.29. The monoisotopic (exact) mass is 401 g/mol. The second kappa shape index (κ2) is 8.44. The first-order valence-electron chi connectivity index (χ1n) is 8.96. The molecule has 1 aliphatic heterocycles. The molecule has 0 aliphatic carbocycles. The second-order valence-corrected chi connectivity index (χ2v) is 6.60. The van der Waals surface area contributed by atoms with Crippen molar-refractivity contribution in [1.82, 2.24) is 4.57 Å². The Balaban J connectivity index is 0.00000225. The zero-order valence-electron chi connectivity index (χ0n) is 15.5. The summed E-state index contributed by atoms with van der Waals surface area (Å²) in [7, 11) is 1.61. The average molecular weight is 402 g/mol. The molecule has 1 amide bonds. The van der Waals surface area contributed by atoms with Crippen molar-refractivity contribution >= 4 is 11.6 Å². The SMILES string of the molecule is COc1ccc(NC(=O)C[n+]2cc(-c3ccc(F)cc3)n3c2CCC3)cc1.[Cl-]. The van der Waals surface area contributed by atoms with Gasteiger partial charge in [0.05, 0.1) is 20.1 Å². The maximum atomic E-state index is 13.2. The summed E-state index contributed by atoms with van der Waals surface area (Å²) >= 11 is 0. The van der Waals surface area contributed by atoms with E-state index >= 15 is 0 Å². The van der Waals surface area contributed by atoms with Gasteiger partial charge in [0.15, 0.2) is 12.2 Å². The lowest BCUT2D eigenvalue weighted by molar-refractivity contribution is -0.690. The molecule has 146 valence electrons. The minimum Gasteiger partial charge on any atom is -1.00 e. The van der Waals surface area contributed by atoms with E-state index in [-0.39, 0.29) is 30.7 Å². The fourth-order valence-electron chi connectivity index (χ4n) is 3.53. The van der Waals surface area contributed by atoms with Crippen molar-refractivity contribution in [3.05, 3.63) is 66.4 Å². The van der Waals surface area contributed by atoms with Crippen molar-refractivity contribution in [3.8, 4) is 17.0 Å². The number of rotatable bonds is 5. The molecule has 28 heavy (non-hydrogen) atoms. The van der Waals surface area contributed by atoms with Crippen LogP contribution in [0.2, 0.25) is 0 Å². The summed E-state index contributed by atoms with van der Waals surface area (Å²) in [4.78, 5) is 12.5. The van der Waals surface area contributed by atoms with Crippen LogP contribution in [-0.4, -0.2) is 17.6 Å². The Bertz CT molecular complexity index is 969. The number of anilines is 1. The molecule has 0 bridgehead atoms. The molecule has 2 aromatic carbocycles. The predicted octanol–water partition coefficient (Wildman–Crippen LogP) is 0.179. The summed E-state index contributed by atoms with van der Waals surface area (Å²) in [6.07, 6.45) is 3.96. The lowest BCUT2D eigenvalue weighted by atomic mass is 10.1. The Kier molecular flexibility index (Phi) is 5.99. The largest absolute Gasteiger partial charge is 1.00 e. The van der Waals surface area contributed by atoms with Crippen LogP contribution in [0, 0.1) is 5.82 Å². The van der Waals surface area contributed by atoms with Crippen molar-refractivity contribution < 1.29 is 30.9 Å². The number of carbonyl (C=O) groups excluding carboxylic acids is 1. The van der Waals surface area contributed by atoms with E-state index in [2.05, 4.69) is 9.88 Å². The quantitative estimate of drug-likeness (QED) is 0.620. The molecule has 2 heterocycles. The first-order chi connectivity index (χ1) is 13.1. The first kappa shape index (κ1) is 19.9. The van der Waals surface area contributed by atoms with Gasteiger partial charge in [0, 0.05) is 11.3 Å². The maximum absolute atomic E-state index is 13.2. The summed E-state index contributed by atoms with van der Waals surface area (Å²) in [6.45, 7) is 1.15.